The first-order valence-corrected chi connectivity index (χ1v) is 4.35. The summed E-state index contributed by atoms with van der Waals surface area (Å²) >= 11 is 2.41. The summed E-state index contributed by atoms with van der Waals surface area (Å²) in [5.74, 6) is 0. The van der Waals surface area contributed by atoms with Crippen LogP contribution in [0, 0.1) is 0 Å². The van der Waals surface area contributed by atoms with E-state index in [2.05, 4.69) is 60.5 Å². The van der Waals surface area contributed by atoms with Gasteiger partial charge < -0.3 is 0 Å². The van der Waals surface area contributed by atoms with Crippen LogP contribution in [0.2, 0.25) is 0 Å². The van der Waals surface area contributed by atoms with Crippen LogP contribution in [0.5, 0.6) is 0 Å². The van der Waals surface area contributed by atoms with Crippen LogP contribution < -0.4 is 0 Å². The van der Waals surface area contributed by atoms with Gasteiger partial charge in [0.2, 0.25) is 0 Å². The van der Waals surface area contributed by atoms with Gasteiger partial charge in [0.05, 0.1) is 0 Å². The lowest BCUT2D eigenvalue weighted by Crippen LogP contribution is -2.37. The van der Waals surface area contributed by atoms with Crippen molar-refractivity contribution >= 4 is 22.6 Å². The molecule has 3 heteroatoms. The number of hydrogen-bond donors (Lipinski definition) is 0. The fourth-order valence-electron chi connectivity index (χ4n) is 0.545. The van der Waals surface area contributed by atoms with Crippen LogP contribution in [0.25, 0.3) is 0 Å². The monoisotopic (exact) mass is 242 g/mol. The van der Waals surface area contributed by atoms with Gasteiger partial charge in [-0.15, -0.1) is 0 Å². The molecule has 2 nitrogen and oxygen atoms in total. The van der Waals surface area contributed by atoms with Crippen molar-refractivity contribution in [2.45, 2.75) is 11.1 Å². The Morgan fingerprint density at radius 3 is 1.89 bits per heavy atom. The van der Waals surface area contributed by atoms with E-state index in [0.717, 1.165) is 6.54 Å². The summed E-state index contributed by atoms with van der Waals surface area (Å²) in [6.07, 6.45) is 0. The summed E-state index contributed by atoms with van der Waals surface area (Å²) in [4.78, 5) is 4.46. The summed E-state index contributed by atoms with van der Waals surface area (Å²) in [5.41, 5.74) is 0. The molecule has 0 aromatic rings. The number of rotatable bonds is 3. The van der Waals surface area contributed by atoms with Crippen molar-refractivity contribution < 1.29 is 0 Å². The molecular formula is C6H15IN2. The van der Waals surface area contributed by atoms with Crippen LogP contribution in [0.15, 0.2) is 0 Å². The maximum absolute atomic E-state index is 2.41. The second-order valence-corrected chi connectivity index (χ2v) is 3.46. The Bertz CT molecular complexity index is 75.5. The van der Waals surface area contributed by atoms with Crippen LogP contribution in [0.4, 0.5) is 0 Å². The van der Waals surface area contributed by atoms with E-state index in [4.69, 9.17) is 0 Å². The highest BCUT2D eigenvalue weighted by atomic mass is 127. The van der Waals surface area contributed by atoms with Gasteiger partial charge in [0.25, 0.3) is 0 Å². The lowest BCUT2D eigenvalue weighted by Gasteiger charge is -2.26. The molecule has 0 heterocycles. The molecule has 1 atom stereocenters. The first-order chi connectivity index (χ1) is 4.09. The van der Waals surface area contributed by atoms with Crippen molar-refractivity contribution in [3.8, 4) is 0 Å². The van der Waals surface area contributed by atoms with E-state index in [1.165, 1.54) is 0 Å². The van der Waals surface area contributed by atoms with Crippen molar-refractivity contribution in [1.29, 1.82) is 0 Å². The normalized spacial score (nSPS) is 15.0. The van der Waals surface area contributed by atoms with Crippen LogP contribution in [0.1, 0.15) is 6.92 Å². The van der Waals surface area contributed by atoms with Gasteiger partial charge in [-0.1, -0.05) is 6.92 Å². The number of nitrogens with zero attached hydrogens (tertiary/aromatic N) is 2. The zero-order valence-corrected chi connectivity index (χ0v) is 8.71. The molecular weight excluding hydrogens is 227 g/mol. The van der Waals surface area contributed by atoms with Crippen molar-refractivity contribution in [3.63, 3.8) is 0 Å². The molecule has 0 saturated heterocycles. The Hall–Kier alpha value is 0.650. The van der Waals surface area contributed by atoms with E-state index >= 15 is 0 Å². The smallest absolute Gasteiger partial charge is 0.115 e. The van der Waals surface area contributed by atoms with Crippen molar-refractivity contribution in [2.24, 2.45) is 0 Å². The van der Waals surface area contributed by atoms with Crippen molar-refractivity contribution in [3.05, 3.63) is 0 Å². The van der Waals surface area contributed by atoms with Crippen LogP contribution in [0.3, 0.4) is 0 Å². The molecule has 0 fully saturated rings. The molecule has 0 saturated carbocycles. The highest BCUT2D eigenvalue weighted by Gasteiger charge is 2.09. The fourth-order valence-corrected chi connectivity index (χ4v) is 0.939. The first-order valence-electron chi connectivity index (χ1n) is 3.10. The summed E-state index contributed by atoms with van der Waals surface area (Å²) in [7, 11) is 6.30. The van der Waals surface area contributed by atoms with Gasteiger partial charge in [-0.3, -0.25) is 9.80 Å². The molecule has 0 radical (unpaired) electrons. The van der Waals surface area contributed by atoms with Gasteiger partial charge in [-0.2, -0.15) is 0 Å². The van der Waals surface area contributed by atoms with Gasteiger partial charge in [-0.05, 0) is 50.3 Å². The molecule has 0 amide bonds. The predicted octanol–water partition coefficient (Wildman–Crippen LogP) is 1.22. The van der Waals surface area contributed by atoms with E-state index < -0.39 is 0 Å². The highest BCUT2D eigenvalue weighted by Crippen LogP contribution is 2.06. The standard InChI is InChI=1S/C6H15IN2/c1-5-9(4)6(7)8(2)3/h6H,5H2,1-4H3. The average Bonchev–Trinajstić information content (AvgIpc) is 1.84. The predicted molar refractivity (Wildman–Crippen MR) is 49.8 cm³/mol. The third-order valence-corrected chi connectivity index (χ3v) is 3.35. The molecule has 0 aliphatic rings. The summed E-state index contributed by atoms with van der Waals surface area (Å²) < 4.78 is 0.521. The fraction of sp³-hybridized carbons (Fsp3) is 1.00. The van der Waals surface area contributed by atoms with E-state index in [1.807, 2.05) is 0 Å². The average molecular weight is 242 g/mol. The summed E-state index contributed by atoms with van der Waals surface area (Å²) in [5, 5.41) is 0. The molecule has 0 rings (SSSR count). The van der Waals surface area contributed by atoms with E-state index in [0.29, 0.717) is 4.17 Å². The number of halogens is 1. The van der Waals surface area contributed by atoms with Gasteiger partial charge in [0.15, 0.2) is 0 Å². The first kappa shape index (κ1) is 9.65. The van der Waals surface area contributed by atoms with Crippen LogP contribution in [-0.4, -0.2) is 41.7 Å². The Morgan fingerprint density at radius 1 is 1.33 bits per heavy atom. The lowest BCUT2D eigenvalue weighted by molar-refractivity contribution is 0.201. The molecule has 0 spiro atoms. The van der Waals surface area contributed by atoms with Gasteiger partial charge >= 0.3 is 0 Å². The van der Waals surface area contributed by atoms with Gasteiger partial charge in [0.1, 0.15) is 4.17 Å². The molecule has 0 aromatic heterocycles. The van der Waals surface area contributed by atoms with E-state index in [1.54, 1.807) is 0 Å². The van der Waals surface area contributed by atoms with Crippen LogP contribution in [-0.2, 0) is 0 Å². The number of hydrogen-bond acceptors (Lipinski definition) is 2. The Balaban J connectivity index is 3.58. The molecule has 0 aliphatic carbocycles. The third kappa shape index (κ3) is 3.37. The number of alkyl halides is 1. The Kier molecular flexibility index (Phi) is 4.79. The Morgan fingerprint density at radius 2 is 1.78 bits per heavy atom. The molecule has 0 aliphatic heterocycles. The summed E-state index contributed by atoms with van der Waals surface area (Å²) in [6, 6.07) is 0. The van der Waals surface area contributed by atoms with E-state index in [9.17, 15) is 0 Å². The molecule has 0 bridgehead atoms. The summed E-state index contributed by atoms with van der Waals surface area (Å²) in [6.45, 7) is 3.26. The topological polar surface area (TPSA) is 6.48 Å². The van der Waals surface area contributed by atoms with Crippen molar-refractivity contribution in [2.75, 3.05) is 27.7 Å². The maximum atomic E-state index is 2.41. The third-order valence-electron chi connectivity index (χ3n) is 1.29. The van der Waals surface area contributed by atoms with Gasteiger partial charge in [-0.25, -0.2) is 0 Å². The second-order valence-electron chi connectivity index (χ2n) is 2.35. The highest BCUT2D eigenvalue weighted by molar-refractivity contribution is 14.1. The largest absolute Gasteiger partial charge is 0.286 e. The minimum atomic E-state index is 0.521. The zero-order chi connectivity index (χ0) is 7.44. The molecule has 9 heavy (non-hydrogen) atoms. The zero-order valence-electron chi connectivity index (χ0n) is 6.56. The molecule has 0 aromatic carbocycles. The van der Waals surface area contributed by atoms with Gasteiger partial charge in [0, 0.05) is 0 Å². The molecule has 0 N–H and O–H groups in total. The molecule has 56 valence electrons. The second kappa shape index (κ2) is 4.46. The van der Waals surface area contributed by atoms with E-state index in [-0.39, 0.29) is 0 Å². The van der Waals surface area contributed by atoms with Crippen LogP contribution >= 0.6 is 22.6 Å². The lowest BCUT2D eigenvalue weighted by atomic mass is 10.6. The molecule has 1 unspecified atom stereocenters. The minimum absolute atomic E-state index is 0.521. The Labute approximate surface area is 71.3 Å². The minimum Gasteiger partial charge on any atom is -0.286 e. The quantitative estimate of drug-likeness (QED) is 0.318. The maximum Gasteiger partial charge on any atom is 0.115 e. The van der Waals surface area contributed by atoms with Crippen molar-refractivity contribution in [1.82, 2.24) is 9.80 Å². The SMILES string of the molecule is CCN(C)C(I)N(C)C.